The van der Waals surface area contributed by atoms with E-state index in [1.165, 1.54) is 6.33 Å². The van der Waals surface area contributed by atoms with Crippen molar-refractivity contribution in [3.63, 3.8) is 0 Å². The van der Waals surface area contributed by atoms with Gasteiger partial charge in [-0.15, -0.1) is 0 Å². The standard InChI is InChI=1S/C22H19N5O/c1-28-22-19-18(16-10-6-3-7-11-16)17(12-23)20(24)27(21(19)25-14-26-22)13-15-8-4-2-5-9-15/h2-11,14,18H,13,24H2,1H3. The molecule has 0 bridgehead atoms. The van der Waals surface area contributed by atoms with Crippen LogP contribution >= 0.6 is 0 Å². The predicted molar refractivity (Wildman–Crippen MR) is 106 cm³/mol. The van der Waals surface area contributed by atoms with Crippen LogP contribution in [-0.4, -0.2) is 17.1 Å². The number of rotatable bonds is 4. The Labute approximate surface area is 163 Å². The van der Waals surface area contributed by atoms with Crippen LogP contribution in [0, 0.1) is 11.3 Å². The number of methoxy groups -OCH3 is 1. The maximum atomic E-state index is 9.97. The third kappa shape index (κ3) is 2.93. The van der Waals surface area contributed by atoms with Crippen molar-refractivity contribution in [2.75, 3.05) is 12.0 Å². The smallest absolute Gasteiger partial charge is 0.222 e. The molecule has 0 saturated carbocycles. The zero-order valence-electron chi connectivity index (χ0n) is 15.4. The molecule has 2 aromatic carbocycles. The second kappa shape index (κ2) is 7.41. The molecule has 3 aromatic rings. The molecule has 138 valence electrons. The predicted octanol–water partition coefficient (Wildman–Crippen LogP) is 3.33. The van der Waals surface area contributed by atoms with Crippen molar-refractivity contribution in [1.29, 1.82) is 5.26 Å². The van der Waals surface area contributed by atoms with E-state index >= 15 is 0 Å². The molecular weight excluding hydrogens is 350 g/mol. The van der Waals surface area contributed by atoms with Gasteiger partial charge < -0.3 is 15.4 Å². The minimum absolute atomic E-state index is 0.385. The maximum absolute atomic E-state index is 9.97. The lowest BCUT2D eigenvalue weighted by molar-refractivity contribution is 0.390. The molecule has 1 aliphatic heterocycles. The minimum atomic E-state index is -0.385. The molecule has 1 aromatic heterocycles. The first-order valence-corrected chi connectivity index (χ1v) is 8.89. The van der Waals surface area contributed by atoms with Gasteiger partial charge in [0.15, 0.2) is 0 Å². The molecular formula is C22H19N5O. The number of nitrogens with two attached hydrogens (primary N) is 1. The van der Waals surface area contributed by atoms with Gasteiger partial charge in [-0.3, -0.25) is 0 Å². The molecule has 0 radical (unpaired) electrons. The van der Waals surface area contributed by atoms with E-state index in [2.05, 4.69) is 16.0 Å². The van der Waals surface area contributed by atoms with Gasteiger partial charge in [-0.2, -0.15) is 5.26 Å². The first kappa shape index (κ1) is 17.6. The fourth-order valence-corrected chi connectivity index (χ4v) is 3.58. The van der Waals surface area contributed by atoms with E-state index in [-0.39, 0.29) is 5.92 Å². The normalized spacial score (nSPS) is 15.7. The Kier molecular flexibility index (Phi) is 4.65. The zero-order valence-corrected chi connectivity index (χ0v) is 15.4. The molecule has 1 unspecified atom stereocenters. The fourth-order valence-electron chi connectivity index (χ4n) is 3.58. The molecule has 0 spiro atoms. The number of anilines is 1. The summed E-state index contributed by atoms with van der Waals surface area (Å²) in [6.07, 6.45) is 1.46. The lowest BCUT2D eigenvalue weighted by Crippen LogP contribution is -2.35. The van der Waals surface area contributed by atoms with Gasteiger partial charge in [-0.05, 0) is 11.1 Å². The van der Waals surface area contributed by atoms with Gasteiger partial charge in [0.2, 0.25) is 5.88 Å². The quantitative estimate of drug-likeness (QED) is 0.759. The van der Waals surface area contributed by atoms with Gasteiger partial charge in [-0.25, -0.2) is 9.97 Å². The van der Waals surface area contributed by atoms with Gasteiger partial charge in [0.1, 0.15) is 18.0 Å². The topological polar surface area (TPSA) is 88.1 Å². The molecule has 2 heterocycles. The highest BCUT2D eigenvalue weighted by molar-refractivity contribution is 5.68. The number of nitriles is 1. The van der Waals surface area contributed by atoms with Crippen molar-refractivity contribution in [3.8, 4) is 11.9 Å². The largest absolute Gasteiger partial charge is 0.481 e. The van der Waals surface area contributed by atoms with E-state index in [4.69, 9.17) is 10.5 Å². The minimum Gasteiger partial charge on any atom is -0.481 e. The van der Waals surface area contributed by atoms with Crippen LogP contribution in [0.5, 0.6) is 5.88 Å². The Morgan fingerprint density at radius 2 is 1.75 bits per heavy atom. The third-order valence-corrected chi connectivity index (χ3v) is 4.86. The van der Waals surface area contributed by atoms with E-state index in [9.17, 15) is 5.26 Å². The van der Waals surface area contributed by atoms with Crippen molar-refractivity contribution in [3.05, 3.63) is 95.1 Å². The highest BCUT2D eigenvalue weighted by atomic mass is 16.5. The number of ether oxygens (including phenoxy) is 1. The average molecular weight is 369 g/mol. The Bertz CT molecular complexity index is 1060. The van der Waals surface area contributed by atoms with Gasteiger partial charge in [0.25, 0.3) is 0 Å². The van der Waals surface area contributed by atoms with Crippen LogP contribution in [0.4, 0.5) is 5.82 Å². The zero-order chi connectivity index (χ0) is 19.5. The Hall–Kier alpha value is -3.85. The van der Waals surface area contributed by atoms with E-state index in [1.54, 1.807) is 7.11 Å². The number of fused-ring (bicyclic) bond motifs is 1. The summed E-state index contributed by atoms with van der Waals surface area (Å²) in [7, 11) is 1.57. The first-order valence-electron chi connectivity index (χ1n) is 8.89. The molecule has 0 amide bonds. The summed E-state index contributed by atoms with van der Waals surface area (Å²) in [5.41, 5.74) is 9.71. The Morgan fingerprint density at radius 3 is 2.39 bits per heavy atom. The summed E-state index contributed by atoms with van der Waals surface area (Å²) in [5, 5.41) is 9.97. The van der Waals surface area contributed by atoms with Crippen molar-refractivity contribution in [2.45, 2.75) is 12.5 Å². The van der Waals surface area contributed by atoms with E-state index in [0.717, 1.165) is 16.7 Å². The van der Waals surface area contributed by atoms with Crippen molar-refractivity contribution in [1.82, 2.24) is 9.97 Å². The molecule has 0 saturated heterocycles. The van der Waals surface area contributed by atoms with Crippen molar-refractivity contribution < 1.29 is 4.74 Å². The SMILES string of the molecule is COc1ncnc2c1C(c1ccccc1)C(C#N)=C(N)N2Cc1ccccc1. The summed E-state index contributed by atoms with van der Waals surface area (Å²) >= 11 is 0. The monoisotopic (exact) mass is 369 g/mol. The highest BCUT2D eigenvalue weighted by Gasteiger charge is 2.37. The second-order valence-corrected chi connectivity index (χ2v) is 6.45. The van der Waals surface area contributed by atoms with Crippen LogP contribution in [0.25, 0.3) is 0 Å². The third-order valence-electron chi connectivity index (χ3n) is 4.86. The summed E-state index contributed by atoms with van der Waals surface area (Å²) < 4.78 is 5.54. The fraction of sp³-hybridized carbons (Fsp3) is 0.136. The molecule has 2 N–H and O–H groups in total. The molecule has 28 heavy (non-hydrogen) atoms. The summed E-state index contributed by atoms with van der Waals surface area (Å²) in [4.78, 5) is 10.7. The lowest BCUT2D eigenvalue weighted by Gasteiger charge is -2.35. The summed E-state index contributed by atoms with van der Waals surface area (Å²) in [6, 6.07) is 22.0. The van der Waals surface area contributed by atoms with Crippen molar-refractivity contribution >= 4 is 5.82 Å². The second-order valence-electron chi connectivity index (χ2n) is 6.45. The van der Waals surface area contributed by atoms with Crippen LogP contribution in [-0.2, 0) is 6.54 Å². The molecule has 1 atom stereocenters. The number of aromatic nitrogens is 2. The Morgan fingerprint density at radius 1 is 1.07 bits per heavy atom. The van der Waals surface area contributed by atoms with Crippen molar-refractivity contribution in [2.24, 2.45) is 5.73 Å². The molecule has 4 rings (SSSR count). The number of benzene rings is 2. The number of allylic oxidation sites excluding steroid dienone is 1. The molecule has 6 heteroatoms. The molecule has 0 fully saturated rings. The van der Waals surface area contributed by atoms with Crippen LogP contribution < -0.4 is 15.4 Å². The molecule has 1 aliphatic rings. The Balaban J connectivity index is 1.94. The van der Waals surface area contributed by atoms with Gasteiger partial charge in [0.05, 0.1) is 36.8 Å². The van der Waals surface area contributed by atoms with E-state index in [1.807, 2.05) is 65.6 Å². The summed E-state index contributed by atoms with van der Waals surface area (Å²) in [6.45, 7) is 0.493. The highest BCUT2D eigenvalue weighted by Crippen LogP contribution is 2.46. The van der Waals surface area contributed by atoms with Crippen LogP contribution in [0.15, 0.2) is 78.4 Å². The maximum Gasteiger partial charge on any atom is 0.222 e. The van der Waals surface area contributed by atoms with E-state index < -0.39 is 0 Å². The molecule has 0 aliphatic carbocycles. The van der Waals surface area contributed by atoms with Crippen LogP contribution in [0.1, 0.15) is 22.6 Å². The van der Waals surface area contributed by atoms with Crippen LogP contribution in [0.2, 0.25) is 0 Å². The number of hydrogen-bond acceptors (Lipinski definition) is 6. The van der Waals surface area contributed by atoms with Gasteiger partial charge in [-0.1, -0.05) is 60.7 Å². The molecule has 6 nitrogen and oxygen atoms in total. The first-order chi connectivity index (χ1) is 13.7. The number of hydrogen-bond donors (Lipinski definition) is 1. The van der Waals surface area contributed by atoms with Gasteiger partial charge in [0, 0.05) is 0 Å². The average Bonchev–Trinajstić information content (AvgIpc) is 2.76. The lowest BCUT2D eigenvalue weighted by atomic mass is 9.83. The van der Waals surface area contributed by atoms with Gasteiger partial charge >= 0.3 is 0 Å². The van der Waals surface area contributed by atoms with Crippen LogP contribution in [0.3, 0.4) is 0 Å². The number of nitrogens with zero attached hydrogens (tertiary/aromatic N) is 4. The van der Waals surface area contributed by atoms with E-state index in [0.29, 0.717) is 29.6 Å². The summed E-state index contributed by atoms with van der Waals surface area (Å²) in [5.74, 6) is 1.11.